The maximum absolute atomic E-state index is 13.6. The fraction of sp³-hybridized carbons (Fsp3) is 0.0455. The van der Waals surface area contributed by atoms with E-state index < -0.39 is 17.4 Å². The van der Waals surface area contributed by atoms with Crippen LogP contribution in [0.25, 0.3) is 33.4 Å². The summed E-state index contributed by atoms with van der Waals surface area (Å²) in [6.45, 7) is 0. The molecule has 0 unspecified atom stereocenters. The van der Waals surface area contributed by atoms with Gasteiger partial charge in [-0.3, -0.25) is 9.36 Å². The molecule has 0 radical (unpaired) electrons. The van der Waals surface area contributed by atoms with E-state index in [2.05, 4.69) is 10.1 Å². The number of hydrogen-bond donors (Lipinski definition) is 1. The number of benzene rings is 1. The molecular formula is C22H13ClF3N5O. The Morgan fingerprint density at radius 2 is 1.72 bits per heavy atom. The zero-order valence-corrected chi connectivity index (χ0v) is 16.9. The summed E-state index contributed by atoms with van der Waals surface area (Å²) < 4.78 is 42.8. The van der Waals surface area contributed by atoms with Crippen LogP contribution in [0.15, 0.2) is 71.8 Å². The molecule has 0 aliphatic heterocycles. The maximum Gasteiger partial charge on any atom is 0.433 e. The smallest absolute Gasteiger partial charge is 0.397 e. The fourth-order valence-corrected chi connectivity index (χ4v) is 3.74. The zero-order valence-electron chi connectivity index (χ0n) is 16.1. The molecular weight excluding hydrogens is 443 g/mol. The van der Waals surface area contributed by atoms with E-state index in [0.717, 1.165) is 16.2 Å². The van der Waals surface area contributed by atoms with Crippen LogP contribution < -0.4 is 11.3 Å². The third-order valence-corrected chi connectivity index (χ3v) is 5.38. The second-order valence-corrected chi connectivity index (χ2v) is 7.53. The van der Waals surface area contributed by atoms with Gasteiger partial charge in [0, 0.05) is 28.4 Å². The van der Waals surface area contributed by atoms with E-state index in [1.54, 1.807) is 35.1 Å². The van der Waals surface area contributed by atoms with E-state index in [4.69, 9.17) is 17.3 Å². The summed E-state index contributed by atoms with van der Waals surface area (Å²) in [7, 11) is 0. The molecule has 4 aromatic heterocycles. The average Bonchev–Trinajstić information content (AvgIpc) is 3.22. The minimum Gasteiger partial charge on any atom is -0.397 e. The van der Waals surface area contributed by atoms with Gasteiger partial charge < -0.3 is 5.73 Å². The molecule has 5 rings (SSSR count). The number of hydrogen-bond acceptors (Lipinski definition) is 4. The molecule has 0 saturated carbocycles. The van der Waals surface area contributed by atoms with Gasteiger partial charge in [-0.1, -0.05) is 17.7 Å². The van der Waals surface area contributed by atoms with Crippen molar-refractivity contribution in [1.82, 2.24) is 19.2 Å². The molecule has 0 amide bonds. The quantitative estimate of drug-likeness (QED) is 0.408. The number of nitrogen functional groups attached to an aromatic ring is 1. The predicted molar refractivity (Wildman–Crippen MR) is 116 cm³/mol. The van der Waals surface area contributed by atoms with Crippen molar-refractivity contribution in [3.8, 4) is 16.8 Å². The average molecular weight is 456 g/mol. The van der Waals surface area contributed by atoms with Crippen LogP contribution >= 0.6 is 11.6 Å². The minimum absolute atomic E-state index is 0.0305. The van der Waals surface area contributed by atoms with Crippen LogP contribution in [-0.2, 0) is 6.18 Å². The van der Waals surface area contributed by atoms with Gasteiger partial charge in [0.1, 0.15) is 11.3 Å². The van der Waals surface area contributed by atoms with Crippen molar-refractivity contribution in [1.29, 1.82) is 0 Å². The Morgan fingerprint density at radius 3 is 2.44 bits per heavy atom. The van der Waals surface area contributed by atoms with E-state index in [1.165, 1.54) is 30.3 Å². The predicted octanol–water partition coefficient (Wildman–Crippen LogP) is 4.95. The first-order valence-electron chi connectivity index (χ1n) is 9.36. The summed E-state index contributed by atoms with van der Waals surface area (Å²) in [4.78, 5) is 17.4. The Labute approximate surface area is 183 Å². The third kappa shape index (κ3) is 3.18. The van der Waals surface area contributed by atoms with Gasteiger partial charge in [-0.15, -0.1) is 0 Å². The molecule has 0 atom stereocenters. The van der Waals surface area contributed by atoms with Crippen LogP contribution in [0.5, 0.6) is 0 Å². The van der Waals surface area contributed by atoms with Crippen LogP contribution in [0, 0.1) is 0 Å². The summed E-state index contributed by atoms with van der Waals surface area (Å²) in [5.74, 6) is 0. The van der Waals surface area contributed by atoms with Crippen molar-refractivity contribution in [3.63, 3.8) is 0 Å². The molecule has 0 spiro atoms. The summed E-state index contributed by atoms with van der Waals surface area (Å²) >= 11 is 5.96. The number of nitrogens with two attached hydrogens (primary N) is 1. The number of halogens is 4. The maximum atomic E-state index is 13.6. The number of rotatable bonds is 2. The Morgan fingerprint density at radius 1 is 0.969 bits per heavy atom. The molecule has 10 heteroatoms. The van der Waals surface area contributed by atoms with Gasteiger partial charge in [0.2, 0.25) is 0 Å². The van der Waals surface area contributed by atoms with Gasteiger partial charge in [-0.2, -0.15) is 18.3 Å². The summed E-state index contributed by atoms with van der Waals surface area (Å²) in [6.07, 6.45) is -1.44. The molecule has 0 fully saturated rings. The van der Waals surface area contributed by atoms with Crippen molar-refractivity contribution in [2.24, 2.45) is 0 Å². The lowest BCUT2D eigenvalue weighted by atomic mass is 10.0. The highest BCUT2D eigenvalue weighted by Crippen LogP contribution is 2.34. The zero-order chi connectivity index (χ0) is 22.6. The summed E-state index contributed by atoms with van der Waals surface area (Å²) in [5, 5.41) is 4.79. The molecule has 0 bridgehead atoms. The molecule has 0 aliphatic carbocycles. The molecule has 5 aromatic rings. The molecule has 160 valence electrons. The Bertz CT molecular complexity index is 1550. The van der Waals surface area contributed by atoms with E-state index in [0.29, 0.717) is 16.3 Å². The third-order valence-electron chi connectivity index (χ3n) is 5.12. The summed E-state index contributed by atoms with van der Waals surface area (Å²) in [5.41, 5.74) is 6.11. The Balaban J connectivity index is 1.90. The van der Waals surface area contributed by atoms with Gasteiger partial charge >= 0.3 is 6.18 Å². The topological polar surface area (TPSA) is 78.2 Å². The largest absolute Gasteiger partial charge is 0.433 e. The first-order valence-corrected chi connectivity index (χ1v) is 9.74. The van der Waals surface area contributed by atoms with Crippen molar-refractivity contribution < 1.29 is 13.2 Å². The number of pyridine rings is 3. The highest BCUT2D eigenvalue weighted by molar-refractivity contribution is 6.30. The SMILES string of the molecule is Nc1c(-c2ccc3ccnn3c2)c(=O)n(-c2ccc(Cl)cc2)c2nc(C(F)(F)F)ccc12. The first kappa shape index (κ1) is 20.1. The molecule has 4 heterocycles. The van der Waals surface area contributed by atoms with E-state index in [1.807, 2.05) is 0 Å². The van der Waals surface area contributed by atoms with Gasteiger partial charge in [-0.05, 0) is 48.5 Å². The van der Waals surface area contributed by atoms with Crippen LogP contribution in [0.3, 0.4) is 0 Å². The number of fused-ring (bicyclic) bond motifs is 2. The molecule has 32 heavy (non-hydrogen) atoms. The first-order chi connectivity index (χ1) is 15.2. The fourth-order valence-electron chi connectivity index (χ4n) is 3.62. The summed E-state index contributed by atoms with van der Waals surface area (Å²) in [6, 6.07) is 13.5. The lowest BCUT2D eigenvalue weighted by Gasteiger charge is -2.17. The van der Waals surface area contributed by atoms with Gasteiger partial charge in [-0.25, -0.2) is 9.50 Å². The number of nitrogens with zero attached hydrogens (tertiary/aromatic N) is 4. The van der Waals surface area contributed by atoms with Crippen LogP contribution in [0.4, 0.5) is 18.9 Å². The lowest BCUT2D eigenvalue weighted by Crippen LogP contribution is -2.24. The van der Waals surface area contributed by atoms with Crippen LogP contribution in [-0.4, -0.2) is 19.2 Å². The second-order valence-electron chi connectivity index (χ2n) is 7.09. The van der Waals surface area contributed by atoms with Crippen LogP contribution in [0.1, 0.15) is 5.69 Å². The van der Waals surface area contributed by atoms with Crippen molar-refractivity contribution in [2.75, 3.05) is 5.73 Å². The Hall–Kier alpha value is -3.85. The molecule has 1 aromatic carbocycles. The Kier molecular flexibility index (Phi) is 4.45. The molecule has 6 nitrogen and oxygen atoms in total. The molecule has 0 aliphatic rings. The standard InChI is InChI=1S/C22H13ClF3N5O/c23-13-2-5-15(6-3-13)31-20-16(7-8-17(29-20)22(24,25)26)19(27)18(21(31)32)12-1-4-14-9-10-28-30(14)11-12/h1-11H,27H2. The number of anilines is 1. The number of alkyl halides is 3. The van der Waals surface area contributed by atoms with E-state index in [9.17, 15) is 18.0 Å². The molecule has 2 N–H and O–H groups in total. The highest BCUT2D eigenvalue weighted by Gasteiger charge is 2.33. The van der Waals surface area contributed by atoms with Crippen molar-refractivity contribution >= 4 is 33.8 Å². The number of aromatic nitrogens is 4. The normalized spacial score (nSPS) is 12.0. The van der Waals surface area contributed by atoms with Crippen molar-refractivity contribution in [2.45, 2.75) is 6.18 Å². The minimum atomic E-state index is -4.69. The lowest BCUT2D eigenvalue weighted by molar-refractivity contribution is -0.141. The van der Waals surface area contributed by atoms with Gasteiger partial charge in [0.15, 0.2) is 0 Å². The van der Waals surface area contributed by atoms with Crippen LogP contribution in [0.2, 0.25) is 5.02 Å². The van der Waals surface area contributed by atoms with Gasteiger partial charge in [0.25, 0.3) is 5.56 Å². The second kappa shape index (κ2) is 7.10. The van der Waals surface area contributed by atoms with Crippen molar-refractivity contribution in [3.05, 3.63) is 88.1 Å². The van der Waals surface area contributed by atoms with Gasteiger partial charge in [0.05, 0.1) is 22.5 Å². The highest BCUT2D eigenvalue weighted by atomic mass is 35.5. The monoisotopic (exact) mass is 455 g/mol. The van der Waals surface area contributed by atoms with E-state index >= 15 is 0 Å². The molecule has 0 saturated heterocycles. The van der Waals surface area contributed by atoms with E-state index in [-0.39, 0.29) is 22.3 Å².